The largest absolute Gasteiger partial charge is 0.482 e. The first-order chi connectivity index (χ1) is 14.9. The number of hydrogen-bond donors (Lipinski definition) is 1. The summed E-state index contributed by atoms with van der Waals surface area (Å²) in [5.74, 6) is -1.67. The van der Waals surface area contributed by atoms with Crippen molar-refractivity contribution in [1.82, 2.24) is 4.90 Å². The fourth-order valence-electron chi connectivity index (χ4n) is 3.38. The maximum atomic E-state index is 12.3. The summed E-state index contributed by atoms with van der Waals surface area (Å²) in [6.45, 7) is -0.460. The maximum absolute atomic E-state index is 12.3. The number of hydrogen-bond acceptors (Lipinski definition) is 7. The predicted molar refractivity (Wildman–Crippen MR) is 107 cm³/mol. The fourth-order valence-corrected chi connectivity index (χ4v) is 3.38. The van der Waals surface area contributed by atoms with Gasteiger partial charge in [0.2, 0.25) is 0 Å². The molecule has 9 heteroatoms. The summed E-state index contributed by atoms with van der Waals surface area (Å²) in [6.07, 6.45) is 0.176. The van der Waals surface area contributed by atoms with Crippen molar-refractivity contribution in [2.75, 3.05) is 25.1 Å². The number of esters is 1. The molecule has 9 nitrogen and oxygen atoms in total. The van der Waals surface area contributed by atoms with Crippen LogP contribution in [0.4, 0.5) is 5.69 Å². The van der Waals surface area contributed by atoms with Gasteiger partial charge in [-0.2, -0.15) is 0 Å². The molecule has 0 aromatic heterocycles. The van der Waals surface area contributed by atoms with Gasteiger partial charge in [0.15, 0.2) is 19.0 Å². The zero-order valence-corrected chi connectivity index (χ0v) is 16.4. The molecule has 2 aliphatic rings. The number of imide groups is 1. The monoisotopic (exact) mass is 422 g/mol. The van der Waals surface area contributed by atoms with E-state index in [0.717, 1.165) is 4.90 Å². The summed E-state index contributed by atoms with van der Waals surface area (Å²) in [5.41, 5.74) is 1.36. The molecular formula is C22H18N2O7. The minimum atomic E-state index is -0.612. The van der Waals surface area contributed by atoms with Crippen molar-refractivity contribution in [3.05, 3.63) is 59.2 Å². The number of Topliss-reactive ketones (excluding diaryl/α,β-unsaturated/α-hetero) is 1. The molecule has 158 valence electrons. The van der Waals surface area contributed by atoms with Gasteiger partial charge in [0.05, 0.1) is 16.8 Å². The van der Waals surface area contributed by atoms with Crippen molar-refractivity contribution in [3.8, 4) is 5.75 Å². The van der Waals surface area contributed by atoms with E-state index >= 15 is 0 Å². The van der Waals surface area contributed by atoms with Crippen LogP contribution in [0.2, 0.25) is 0 Å². The van der Waals surface area contributed by atoms with Gasteiger partial charge in [0.1, 0.15) is 5.75 Å². The van der Waals surface area contributed by atoms with Crippen LogP contribution in [0.15, 0.2) is 42.5 Å². The first kappa shape index (κ1) is 20.3. The van der Waals surface area contributed by atoms with Crippen LogP contribution < -0.4 is 10.1 Å². The van der Waals surface area contributed by atoms with E-state index in [-0.39, 0.29) is 49.3 Å². The predicted octanol–water partition coefficient (Wildman–Crippen LogP) is 1.82. The Balaban J connectivity index is 1.24. The number of carbonyl (C=O) groups excluding carboxylic acids is 5. The van der Waals surface area contributed by atoms with E-state index in [0.29, 0.717) is 22.6 Å². The quantitative estimate of drug-likeness (QED) is 0.411. The summed E-state index contributed by atoms with van der Waals surface area (Å²) < 4.78 is 10.2. The molecule has 0 aliphatic carbocycles. The molecule has 0 unspecified atom stereocenters. The number of nitrogens with zero attached hydrogens (tertiary/aromatic N) is 1. The van der Waals surface area contributed by atoms with E-state index in [9.17, 15) is 24.0 Å². The van der Waals surface area contributed by atoms with Crippen molar-refractivity contribution < 1.29 is 33.4 Å². The lowest BCUT2D eigenvalue weighted by molar-refractivity contribution is -0.142. The number of fused-ring (bicyclic) bond motifs is 2. The zero-order valence-electron chi connectivity index (χ0n) is 16.4. The first-order valence-electron chi connectivity index (χ1n) is 9.65. The minimum Gasteiger partial charge on any atom is -0.482 e. The zero-order chi connectivity index (χ0) is 22.0. The van der Waals surface area contributed by atoms with Crippen molar-refractivity contribution in [1.29, 1.82) is 0 Å². The van der Waals surface area contributed by atoms with Gasteiger partial charge in [-0.05, 0) is 36.8 Å². The highest BCUT2D eigenvalue weighted by atomic mass is 16.5. The number of ketones is 1. The van der Waals surface area contributed by atoms with Gasteiger partial charge >= 0.3 is 5.97 Å². The average Bonchev–Trinajstić information content (AvgIpc) is 3.02. The van der Waals surface area contributed by atoms with Crippen LogP contribution in [0.5, 0.6) is 5.75 Å². The van der Waals surface area contributed by atoms with Crippen molar-refractivity contribution >= 4 is 35.2 Å². The van der Waals surface area contributed by atoms with Crippen molar-refractivity contribution in [2.45, 2.75) is 12.8 Å². The molecule has 31 heavy (non-hydrogen) atoms. The van der Waals surface area contributed by atoms with Gasteiger partial charge in [-0.1, -0.05) is 12.1 Å². The van der Waals surface area contributed by atoms with E-state index in [1.54, 1.807) is 30.3 Å². The Labute approximate surface area is 176 Å². The van der Waals surface area contributed by atoms with E-state index in [1.807, 2.05) is 0 Å². The molecule has 2 aromatic carbocycles. The smallest absolute Gasteiger partial charge is 0.306 e. The Hall–Kier alpha value is -4.01. The number of carbonyl (C=O) groups is 5. The highest BCUT2D eigenvalue weighted by Gasteiger charge is 2.34. The van der Waals surface area contributed by atoms with Crippen LogP contribution >= 0.6 is 0 Å². The molecule has 2 aromatic rings. The number of ether oxygens (including phenoxy) is 2. The maximum Gasteiger partial charge on any atom is 0.306 e. The molecule has 1 N–H and O–H groups in total. The highest BCUT2D eigenvalue weighted by Crippen LogP contribution is 2.28. The van der Waals surface area contributed by atoms with Crippen LogP contribution in [0.25, 0.3) is 0 Å². The third-order valence-electron chi connectivity index (χ3n) is 4.94. The number of benzene rings is 2. The SMILES string of the molecule is O=C1COc2ccc(C(=O)COC(=O)CCCN3C(=O)c4ccccc4C3=O)cc2N1. The second-order valence-corrected chi connectivity index (χ2v) is 7.04. The van der Waals surface area contributed by atoms with Crippen LogP contribution in [0.3, 0.4) is 0 Å². The van der Waals surface area contributed by atoms with Gasteiger partial charge in [0.25, 0.3) is 17.7 Å². The molecule has 4 rings (SSSR count). The Morgan fingerprint density at radius 1 is 1.03 bits per heavy atom. The molecule has 0 bridgehead atoms. The van der Waals surface area contributed by atoms with E-state index in [4.69, 9.17) is 9.47 Å². The van der Waals surface area contributed by atoms with E-state index < -0.39 is 18.4 Å². The molecule has 0 radical (unpaired) electrons. The van der Waals surface area contributed by atoms with Crippen LogP contribution in [-0.4, -0.2) is 54.1 Å². The second-order valence-electron chi connectivity index (χ2n) is 7.04. The van der Waals surface area contributed by atoms with Gasteiger partial charge in [-0.15, -0.1) is 0 Å². The third-order valence-corrected chi connectivity index (χ3v) is 4.94. The van der Waals surface area contributed by atoms with Crippen LogP contribution in [0, 0.1) is 0 Å². The Kier molecular flexibility index (Phi) is 5.48. The lowest BCUT2D eigenvalue weighted by Gasteiger charge is -2.18. The van der Waals surface area contributed by atoms with Crippen molar-refractivity contribution in [2.24, 2.45) is 0 Å². The lowest BCUT2D eigenvalue weighted by atomic mass is 10.1. The van der Waals surface area contributed by atoms with E-state index in [2.05, 4.69) is 5.32 Å². The summed E-state index contributed by atoms with van der Waals surface area (Å²) in [7, 11) is 0. The summed E-state index contributed by atoms with van der Waals surface area (Å²) in [6, 6.07) is 11.1. The van der Waals surface area contributed by atoms with Crippen molar-refractivity contribution in [3.63, 3.8) is 0 Å². The number of rotatable bonds is 7. The normalized spacial score (nSPS) is 14.5. The first-order valence-corrected chi connectivity index (χ1v) is 9.65. The highest BCUT2D eigenvalue weighted by molar-refractivity contribution is 6.21. The Bertz CT molecular complexity index is 1070. The van der Waals surface area contributed by atoms with E-state index in [1.165, 1.54) is 12.1 Å². The summed E-state index contributed by atoms with van der Waals surface area (Å²) >= 11 is 0. The lowest BCUT2D eigenvalue weighted by Crippen LogP contribution is -2.31. The molecule has 2 heterocycles. The molecule has 2 aliphatic heterocycles. The molecule has 0 atom stereocenters. The third kappa shape index (κ3) is 4.16. The van der Waals surface area contributed by atoms with Gasteiger partial charge in [0, 0.05) is 18.5 Å². The second kappa shape index (κ2) is 8.39. The van der Waals surface area contributed by atoms with Crippen LogP contribution in [-0.2, 0) is 14.3 Å². The Morgan fingerprint density at radius 2 is 1.74 bits per heavy atom. The molecule has 3 amide bonds. The molecular weight excluding hydrogens is 404 g/mol. The van der Waals surface area contributed by atoms with Gasteiger partial charge in [-0.25, -0.2) is 0 Å². The number of anilines is 1. The standard InChI is InChI=1S/C22H18N2O7/c25-17(13-7-8-18-16(10-13)23-19(26)12-30-18)11-31-20(27)6-3-9-24-21(28)14-4-1-2-5-15(14)22(24)29/h1-2,4-5,7-8,10H,3,6,9,11-12H2,(H,23,26). The molecule has 0 saturated heterocycles. The molecule has 0 spiro atoms. The summed E-state index contributed by atoms with van der Waals surface area (Å²) in [5, 5.41) is 2.60. The number of amides is 3. The molecule has 0 fully saturated rings. The summed E-state index contributed by atoms with van der Waals surface area (Å²) in [4.78, 5) is 61.3. The topological polar surface area (TPSA) is 119 Å². The fraction of sp³-hybridized carbons (Fsp3) is 0.227. The van der Waals surface area contributed by atoms with Gasteiger partial charge < -0.3 is 14.8 Å². The van der Waals surface area contributed by atoms with Gasteiger partial charge in [-0.3, -0.25) is 28.9 Å². The minimum absolute atomic E-state index is 0.0469. The average molecular weight is 422 g/mol. The Morgan fingerprint density at radius 3 is 2.45 bits per heavy atom. The van der Waals surface area contributed by atoms with Crippen LogP contribution in [0.1, 0.15) is 43.9 Å². The number of nitrogens with one attached hydrogen (secondary N) is 1. The molecule has 0 saturated carbocycles.